The van der Waals surface area contributed by atoms with E-state index in [1.54, 1.807) is 6.92 Å². The Morgan fingerprint density at radius 3 is 2.55 bits per heavy atom. The number of carbonyl (C=O) groups is 1. The van der Waals surface area contributed by atoms with E-state index in [1.807, 2.05) is 7.05 Å². The predicted octanol–water partition coefficient (Wildman–Crippen LogP) is 0.165. The second-order valence-electron chi connectivity index (χ2n) is 2.66. The summed E-state index contributed by atoms with van der Waals surface area (Å²) in [6, 6.07) is 0. The van der Waals surface area contributed by atoms with Gasteiger partial charge >= 0.3 is 0 Å². The Kier molecular flexibility index (Phi) is 7.41. The van der Waals surface area contributed by atoms with Crippen LogP contribution < -0.4 is 10.6 Å². The van der Waals surface area contributed by atoms with Gasteiger partial charge in [-0.25, -0.2) is 0 Å². The van der Waals surface area contributed by atoms with Crippen LogP contribution in [0.4, 0.5) is 0 Å². The van der Waals surface area contributed by atoms with Gasteiger partial charge in [0.2, 0.25) is 0 Å². The number of hydrogen-bond acceptors (Lipinski definition) is 3. The smallest absolute Gasteiger partial charge is 0.131 e. The van der Waals surface area contributed by atoms with Gasteiger partial charge in [0.1, 0.15) is 5.78 Å². The number of ketones is 1. The molecule has 0 fully saturated rings. The molecule has 0 amide bonds. The van der Waals surface area contributed by atoms with Gasteiger partial charge < -0.3 is 10.6 Å². The SMILES string of the molecule is CNCCCNCCC(C)=O. The van der Waals surface area contributed by atoms with Crippen LogP contribution in [0.2, 0.25) is 0 Å². The second-order valence-corrected chi connectivity index (χ2v) is 2.66. The Balaban J connectivity index is 2.85. The predicted molar refractivity (Wildman–Crippen MR) is 46.7 cm³/mol. The summed E-state index contributed by atoms with van der Waals surface area (Å²) in [5.74, 6) is 0.256. The molecule has 0 rings (SSSR count). The molecule has 0 aliphatic rings. The van der Waals surface area contributed by atoms with Gasteiger partial charge in [-0.15, -0.1) is 0 Å². The standard InChI is InChI=1S/C8H18N2O/c1-8(11)4-7-10-6-3-5-9-2/h9-10H,3-7H2,1-2H3. The molecule has 11 heavy (non-hydrogen) atoms. The molecule has 0 saturated carbocycles. The van der Waals surface area contributed by atoms with Crippen LogP contribution in [0.1, 0.15) is 19.8 Å². The number of rotatable bonds is 7. The van der Waals surface area contributed by atoms with E-state index in [4.69, 9.17) is 0 Å². The summed E-state index contributed by atoms with van der Waals surface area (Å²) in [4.78, 5) is 10.5. The van der Waals surface area contributed by atoms with Gasteiger partial charge in [-0.2, -0.15) is 0 Å². The summed E-state index contributed by atoms with van der Waals surface area (Å²) in [5.41, 5.74) is 0. The molecule has 0 spiro atoms. The number of Topliss-reactive ketones (excluding diaryl/α,β-unsaturated/α-hetero) is 1. The Bertz CT molecular complexity index is 104. The number of carbonyl (C=O) groups excluding carboxylic acids is 1. The van der Waals surface area contributed by atoms with E-state index in [9.17, 15) is 4.79 Å². The molecule has 0 heterocycles. The third kappa shape index (κ3) is 9.59. The first-order chi connectivity index (χ1) is 5.27. The van der Waals surface area contributed by atoms with Gasteiger partial charge in [0.15, 0.2) is 0 Å². The van der Waals surface area contributed by atoms with Gasteiger partial charge in [-0.1, -0.05) is 0 Å². The van der Waals surface area contributed by atoms with E-state index in [0.717, 1.165) is 26.1 Å². The van der Waals surface area contributed by atoms with Crippen molar-refractivity contribution in [2.24, 2.45) is 0 Å². The number of hydrogen-bond donors (Lipinski definition) is 2. The van der Waals surface area contributed by atoms with E-state index in [-0.39, 0.29) is 5.78 Å². The molecule has 0 atom stereocenters. The minimum Gasteiger partial charge on any atom is -0.320 e. The summed E-state index contributed by atoms with van der Waals surface area (Å²) >= 11 is 0. The molecule has 0 aliphatic heterocycles. The maximum Gasteiger partial charge on any atom is 0.131 e. The van der Waals surface area contributed by atoms with E-state index in [2.05, 4.69) is 10.6 Å². The highest BCUT2D eigenvalue weighted by atomic mass is 16.1. The van der Waals surface area contributed by atoms with Gasteiger partial charge in [0, 0.05) is 13.0 Å². The minimum atomic E-state index is 0.256. The molecule has 0 aromatic rings. The Hall–Kier alpha value is -0.410. The highest BCUT2D eigenvalue weighted by Crippen LogP contribution is 1.78. The zero-order valence-electron chi connectivity index (χ0n) is 7.44. The summed E-state index contributed by atoms with van der Waals surface area (Å²) < 4.78 is 0. The van der Waals surface area contributed by atoms with Crippen LogP contribution in [0.5, 0.6) is 0 Å². The average molecular weight is 158 g/mol. The normalized spacial score (nSPS) is 10.0. The van der Waals surface area contributed by atoms with Crippen molar-refractivity contribution in [2.45, 2.75) is 19.8 Å². The maximum absolute atomic E-state index is 10.5. The summed E-state index contributed by atoms with van der Waals surface area (Å²) in [6.07, 6.45) is 1.77. The fourth-order valence-electron chi connectivity index (χ4n) is 0.780. The molecule has 3 nitrogen and oxygen atoms in total. The third-order valence-corrected chi connectivity index (χ3v) is 1.43. The monoisotopic (exact) mass is 158 g/mol. The molecule has 0 aliphatic carbocycles. The van der Waals surface area contributed by atoms with Crippen LogP contribution in [0.3, 0.4) is 0 Å². The highest BCUT2D eigenvalue weighted by Gasteiger charge is 1.91. The Morgan fingerprint density at radius 2 is 2.00 bits per heavy atom. The van der Waals surface area contributed by atoms with Crippen molar-refractivity contribution in [3.8, 4) is 0 Å². The van der Waals surface area contributed by atoms with Crippen molar-refractivity contribution < 1.29 is 4.79 Å². The second kappa shape index (κ2) is 7.69. The molecule has 66 valence electrons. The van der Waals surface area contributed by atoms with Crippen LogP contribution in [-0.4, -0.2) is 32.5 Å². The molecule has 0 saturated heterocycles. The molecule has 0 aromatic carbocycles. The van der Waals surface area contributed by atoms with Crippen molar-refractivity contribution in [3.05, 3.63) is 0 Å². The van der Waals surface area contributed by atoms with Gasteiger partial charge in [-0.3, -0.25) is 4.79 Å². The fraction of sp³-hybridized carbons (Fsp3) is 0.875. The quantitative estimate of drug-likeness (QED) is 0.519. The average Bonchev–Trinajstić information content (AvgIpc) is 1.96. The first kappa shape index (κ1) is 10.6. The van der Waals surface area contributed by atoms with Gasteiger partial charge in [0.05, 0.1) is 0 Å². The lowest BCUT2D eigenvalue weighted by atomic mass is 10.3. The van der Waals surface area contributed by atoms with E-state index in [0.29, 0.717) is 6.42 Å². The minimum absolute atomic E-state index is 0.256. The molecular weight excluding hydrogens is 140 g/mol. The van der Waals surface area contributed by atoms with E-state index < -0.39 is 0 Å². The summed E-state index contributed by atoms with van der Waals surface area (Å²) in [5, 5.41) is 6.25. The first-order valence-corrected chi connectivity index (χ1v) is 4.12. The van der Waals surface area contributed by atoms with Crippen LogP contribution in [0.15, 0.2) is 0 Å². The van der Waals surface area contributed by atoms with E-state index >= 15 is 0 Å². The summed E-state index contributed by atoms with van der Waals surface area (Å²) in [7, 11) is 1.94. The molecule has 3 heteroatoms. The van der Waals surface area contributed by atoms with Crippen LogP contribution in [0.25, 0.3) is 0 Å². The Morgan fingerprint density at radius 1 is 1.27 bits per heavy atom. The molecule has 0 radical (unpaired) electrons. The molecule has 2 N–H and O–H groups in total. The van der Waals surface area contributed by atoms with Crippen molar-refractivity contribution in [2.75, 3.05) is 26.7 Å². The largest absolute Gasteiger partial charge is 0.320 e. The molecule has 0 aromatic heterocycles. The lowest BCUT2D eigenvalue weighted by molar-refractivity contribution is -0.116. The Labute approximate surface area is 68.6 Å². The first-order valence-electron chi connectivity index (χ1n) is 4.12. The van der Waals surface area contributed by atoms with Gasteiger partial charge in [0.25, 0.3) is 0 Å². The lowest BCUT2D eigenvalue weighted by Gasteiger charge is -2.01. The van der Waals surface area contributed by atoms with E-state index in [1.165, 1.54) is 0 Å². The van der Waals surface area contributed by atoms with Crippen LogP contribution in [0, 0.1) is 0 Å². The lowest BCUT2D eigenvalue weighted by Crippen LogP contribution is -2.21. The van der Waals surface area contributed by atoms with Gasteiger partial charge in [-0.05, 0) is 33.5 Å². The molecule has 0 bridgehead atoms. The van der Waals surface area contributed by atoms with Crippen LogP contribution >= 0.6 is 0 Å². The van der Waals surface area contributed by atoms with Crippen molar-refractivity contribution in [1.29, 1.82) is 0 Å². The van der Waals surface area contributed by atoms with Crippen LogP contribution in [-0.2, 0) is 4.79 Å². The number of nitrogens with one attached hydrogen (secondary N) is 2. The van der Waals surface area contributed by atoms with Crippen molar-refractivity contribution >= 4 is 5.78 Å². The fourth-order valence-corrected chi connectivity index (χ4v) is 0.780. The van der Waals surface area contributed by atoms with Crippen molar-refractivity contribution in [1.82, 2.24) is 10.6 Å². The topological polar surface area (TPSA) is 41.1 Å². The zero-order chi connectivity index (χ0) is 8.53. The third-order valence-electron chi connectivity index (χ3n) is 1.43. The highest BCUT2D eigenvalue weighted by molar-refractivity contribution is 5.75. The summed E-state index contributed by atoms with van der Waals surface area (Å²) in [6.45, 7) is 4.47. The zero-order valence-corrected chi connectivity index (χ0v) is 7.44. The molecule has 0 unspecified atom stereocenters. The van der Waals surface area contributed by atoms with Crippen molar-refractivity contribution in [3.63, 3.8) is 0 Å². The molecular formula is C8H18N2O. The maximum atomic E-state index is 10.5.